The molecule has 1 saturated carbocycles. The fraction of sp³-hybridized carbons (Fsp3) is 0.462. The Labute approximate surface area is 123 Å². The number of phenolic OH excluding ortho intramolecular Hbond substituents is 1. The van der Waals surface area contributed by atoms with Gasteiger partial charge in [0.25, 0.3) is 5.91 Å². The van der Waals surface area contributed by atoms with Crippen molar-refractivity contribution in [2.24, 2.45) is 5.41 Å². The summed E-state index contributed by atoms with van der Waals surface area (Å²) in [5.41, 5.74) is 0.793. The van der Waals surface area contributed by atoms with Gasteiger partial charge in [0.2, 0.25) is 0 Å². The third-order valence-corrected chi connectivity index (χ3v) is 4.48. The number of nitrogens with one attached hydrogen (secondary N) is 1. The van der Waals surface area contributed by atoms with E-state index in [0.717, 1.165) is 11.8 Å². The van der Waals surface area contributed by atoms with E-state index in [1.165, 1.54) is 18.9 Å². The number of hydrogen-bond donors (Lipinski definition) is 2. The van der Waals surface area contributed by atoms with Crippen molar-refractivity contribution in [3.63, 3.8) is 0 Å². The van der Waals surface area contributed by atoms with Crippen LogP contribution in [0.15, 0.2) is 22.7 Å². The van der Waals surface area contributed by atoms with Gasteiger partial charge in [-0.05, 0) is 58.8 Å². The Bertz CT molecular complexity index is 458. The zero-order valence-electron chi connectivity index (χ0n) is 9.88. The second-order valence-corrected chi connectivity index (χ2v) is 6.44. The van der Waals surface area contributed by atoms with E-state index in [2.05, 4.69) is 37.2 Å². The molecular formula is C13H15Br2NO2. The molecule has 1 aliphatic carbocycles. The molecule has 0 unspecified atom stereocenters. The number of carbonyl (C=O) groups is 1. The topological polar surface area (TPSA) is 49.3 Å². The minimum Gasteiger partial charge on any atom is -0.507 e. The number of alkyl halides is 1. The average molecular weight is 377 g/mol. The van der Waals surface area contributed by atoms with Crippen LogP contribution in [0.1, 0.15) is 29.6 Å². The standard InChI is InChI=1S/C13H15Br2NO2/c14-6-5-13(3-4-13)8-16-12(18)9-1-2-10(15)11(17)7-9/h1-2,7,17H,3-6,8H2,(H,16,18). The summed E-state index contributed by atoms with van der Waals surface area (Å²) < 4.78 is 0.594. The third-order valence-electron chi connectivity index (χ3n) is 3.41. The first-order chi connectivity index (χ1) is 8.56. The summed E-state index contributed by atoms with van der Waals surface area (Å²) in [6.07, 6.45) is 3.47. The fourth-order valence-electron chi connectivity index (χ4n) is 1.92. The van der Waals surface area contributed by atoms with Gasteiger partial charge >= 0.3 is 0 Å². The van der Waals surface area contributed by atoms with Gasteiger partial charge in [-0.3, -0.25) is 4.79 Å². The molecule has 1 aromatic carbocycles. The molecule has 0 aromatic heterocycles. The molecule has 98 valence electrons. The summed E-state index contributed by atoms with van der Waals surface area (Å²) >= 11 is 6.64. The molecule has 5 heteroatoms. The van der Waals surface area contributed by atoms with E-state index in [-0.39, 0.29) is 11.7 Å². The van der Waals surface area contributed by atoms with Gasteiger partial charge in [-0.2, -0.15) is 0 Å². The molecule has 2 rings (SSSR count). The van der Waals surface area contributed by atoms with Gasteiger partial charge in [0.15, 0.2) is 0 Å². The second-order valence-electron chi connectivity index (χ2n) is 4.79. The van der Waals surface area contributed by atoms with E-state index in [4.69, 9.17) is 0 Å². The Morgan fingerprint density at radius 2 is 2.17 bits per heavy atom. The van der Waals surface area contributed by atoms with Gasteiger partial charge in [-0.1, -0.05) is 15.9 Å². The molecule has 18 heavy (non-hydrogen) atoms. The molecule has 0 aliphatic heterocycles. The summed E-state index contributed by atoms with van der Waals surface area (Å²) in [4.78, 5) is 11.9. The van der Waals surface area contributed by atoms with Gasteiger partial charge in [0.05, 0.1) is 4.47 Å². The van der Waals surface area contributed by atoms with Gasteiger partial charge in [-0.15, -0.1) is 0 Å². The summed E-state index contributed by atoms with van der Waals surface area (Å²) in [5, 5.41) is 13.5. The molecule has 0 radical (unpaired) electrons. The zero-order valence-corrected chi connectivity index (χ0v) is 13.1. The fourth-order valence-corrected chi connectivity index (χ4v) is 3.00. The van der Waals surface area contributed by atoms with E-state index >= 15 is 0 Å². The molecule has 0 atom stereocenters. The smallest absolute Gasteiger partial charge is 0.251 e. The van der Waals surface area contributed by atoms with Crippen LogP contribution in [-0.2, 0) is 0 Å². The number of benzene rings is 1. The summed E-state index contributed by atoms with van der Waals surface area (Å²) in [5.74, 6) is -0.0390. The van der Waals surface area contributed by atoms with Crippen molar-refractivity contribution >= 4 is 37.8 Å². The molecule has 2 N–H and O–H groups in total. The van der Waals surface area contributed by atoms with Crippen molar-refractivity contribution in [3.8, 4) is 5.75 Å². The van der Waals surface area contributed by atoms with Crippen molar-refractivity contribution in [2.75, 3.05) is 11.9 Å². The first-order valence-corrected chi connectivity index (χ1v) is 7.80. The first-order valence-electron chi connectivity index (χ1n) is 5.89. The number of aromatic hydroxyl groups is 1. The Kier molecular flexibility index (Phi) is 4.33. The summed E-state index contributed by atoms with van der Waals surface area (Å²) in [6.45, 7) is 0.717. The van der Waals surface area contributed by atoms with Crippen LogP contribution in [0.4, 0.5) is 0 Å². The van der Waals surface area contributed by atoms with Crippen LogP contribution >= 0.6 is 31.9 Å². The van der Waals surface area contributed by atoms with Crippen LogP contribution in [0.25, 0.3) is 0 Å². The maximum absolute atomic E-state index is 11.9. The van der Waals surface area contributed by atoms with Crippen LogP contribution in [0.2, 0.25) is 0 Å². The maximum atomic E-state index is 11.9. The normalized spacial score (nSPS) is 16.3. The predicted molar refractivity (Wildman–Crippen MR) is 78.2 cm³/mol. The van der Waals surface area contributed by atoms with Gasteiger partial charge in [-0.25, -0.2) is 0 Å². The average Bonchev–Trinajstić information content (AvgIpc) is 3.11. The van der Waals surface area contributed by atoms with Gasteiger partial charge in [0, 0.05) is 17.4 Å². The monoisotopic (exact) mass is 375 g/mol. The quantitative estimate of drug-likeness (QED) is 0.773. The minimum absolute atomic E-state index is 0.0873. The molecule has 1 fully saturated rings. The molecular weight excluding hydrogens is 362 g/mol. The minimum atomic E-state index is -0.126. The van der Waals surface area contributed by atoms with Crippen LogP contribution < -0.4 is 5.32 Å². The molecule has 1 amide bonds. The van der Waals surface area contributed by atoms with E-state index in [0.29, 0.717) is 22.0 Å². The lowest BCUT2D eigenvalue weighted by Crippen LogP contribution is -2.30. The van der Waals surface area contributed by atoms with E-state index in [1.54, 1.807) is 12.1 Å². The van der Waals surface area contributed by atoms with Crippen LogP contribution in [0.5, 0.6) is 5.75 Å². The molecule has 1 aliphatic rings. The molecule has 3 nitrogen and oxygen atoms in total. The highest BCUT2D eigenvalue weighted by Crippen LogP contribution is 2.48. The van der Waals surface area contributed by atoms with Crippen LogP contribution in [0.3, 0.4) is 0 Å². The highest BCUT2D eigenvalue weighted by Gasteiger charge is 2.41. The number of halogens is 2. The molecule has 1 aromatic rings. The lowest BCUT2D eigenvalue weighted by molar-refractivity contribution is 0.0944. The lowest BCUT2D eigenvalue weighted by Gasteiger charge is -2.14. The van der Waals surface area contributed by atoms with Gasteiger partial charge < -0.3 is 10.4 Å². The Morgan fingerprint density at radius 3 is 2.72 bits per heavy atom. The Hall–Kier alpha value is -0.550. The Balaban J connectivity index is 1.93. The number of phenols is 1. The lowest BCUT2D eigenvalue weighted by atomic mass is 10.0. The Morgan fingerprint density at radius 1 is 1.44 bits per heavy atom. The summed E-state index contributed by atoms with van der Waals surface area (Å²) in [6, 6.07) is 4.85. The number of rotatable bonds is 5. The summed E-state index contributed by atoms with van der Waals surface area (Å²) in [7, 11) is 0. The molecule has 0 heterocycles. The molecule has 0 bridgehead atoms. The highest BCUT2D eigenvalue weighted by atomic mass is 79.9. The second kappa shape index (κ2) is 5.61. The number of hydrogen-bond acceptors (Lipinski definition) is 2. The zero-order chi connectivity index (χ0) is 13.2. The van der Waals surface area contributed by atoms with Crippen molar-refractivity contribution in [1.82, 2.24) is 5.32 Å². The SMILES string of the molecule is O=C(NCC1(CCBr)CC1)c1ccc(Br)c(O)c1. The number of carbonyl (C=O) groups excluding carboxylic acids is 1. The molecule has 0 spiro atoms. The van der Waals surface area contributed by atoms with Gasteiger partial charge in [0.1, 0.15) is 5.75 Å². The predicted octanol–water partition coefficient (Wildman–Crippen LogP) is 3.45. The first kappa shape index (κ1) is 13.9. The largest absolute Gasteiger partial charge is 0.507 e. The highest BCUT2D eigenvalue weighted by molar-refractivity contribution is 9.10. The van der Waals surface area contributed by atoms with Crippen LogP contribution in [-0.4, -0.2) is 22.9 Å². The van der Waals surface area contributed by atoms with E-state index in [1.807, 2.05) is 0 Å². The van der Waals surface area contributed by atoms with Crippen molar-refractivity contribution in [1.29, 1.82) is 0 Å². The van der Waals surface area contributed by atoms with E-state index < -0.39 is 0 Å². The maximum Gasteiger partial charge on any atom is 0.251 e. The van der Waals surface area contributed by atoms with Crippen molar-refractivity contribution in [2.45, 2.75) is 19.3 Å². The molecule has 0 saturated heterocycles. The van der Waals surface area contributed by atoms with Crippen molar-refractivity contribution in [3.05, 3.63) is 28.2 Å². The van der Waals surface area contributed by atoms with E-state index in [9.17, 15) is 9.90 Å². The van der Waals surface area contributed by atoms with Crippen molar-refractivity contribution < 1.29 is 9.90 Å². The number of amides is 1. The third kappa shape index (κ3) is 3.26. The van der Waals surface area contributed by atoms with Crippen LogP contribution in [0, 0.1) is 5.41 Å².